The molecule has 0 saturated heterocycles. The highest BCUT2D eigenvalue weighted by molar-refractivity contribution is 6.31. The minimum absolute atomic E-state index is 0.0752. The van der Waals surface area contributed by atoms with Crippen LogP contribution in [0.5, 0.6) is 0 Å². The summed E-state index contributed by atoms with van der Waals surface area (Å²) in [4.78, 5) is 18.2. The summed E-state index contributed by atoms with van der Waals surface area (Å²) in [5.41, 5.74) is 0.135. The molecule has 0 unspecified atom stereocenters. The first kappa shape index (κ1) is 13.2. The van der Waals surface area contributed by atoms with Gasteiger partial charge < -0.3 is 5.32 Å². The minimum Gasteiger partial charge on any atom is -0.367 e. The van der Waals surface area contributed by atoms with Crippen molar-refractivity contribution in [2.24, 2.45) is 0 Å². The predicted octanol–water partition coefficient (Wildman–Crippen LogP) is 2.89. The maximum absolute atomic E-state index is 13.1. The third kappa shape index (κ3) is 2.45. The van der Waals surface area contributed by atoms with Crippen LogP contribution in [-0.4, -0.2) is 21.9 Å². The van der Waals surface area contributed by atoms with Crippen LogP contribution in [0, 0.1) is 15.9 Å². The molecule has 0 bridgehead atoms. The SMILES string of the molecule is CNc1ncnc(-c2ccc(F)c(Cl)c2)c1[N+](=O)[O-]. The van der Waals surface area contributed by atoms with E-state index in [2.05, 4.69) is 15.3 Å². The van der Waals surface area contributed by atoms with Crippen molar-refractivity contribution in [3.05, 3.63) is 45.5 Å². The molecule has 0 saturated carbocycles. The first-order valence-corrected chi connectivity index (χ1v) is 5.55. The van der Waals surface area contributed by atoms with Gasteiger partial charge in [0.15, 0.2) is 5.69 Å². The summed E-state index contributed by atoms with van der Waals surface area (Å²) >= 11 is 5.67. The molecule has 0 aliphatic carbocycles. The second-order valence-electron chi connectivity index (χ2n) is 3.56. The summed E-state index contributed by atoms with van der Waals surface area (Å²) in [6.45, 7) is 0. The Balaban J connectivity index is 2.67. The number of rotatable bonds is 3. The lowest BCUT2D eigenvalue weighted by Gasteiger charge is -2.06. The van der Waals surface area contributed by atoms with Gasteiger partial charge in [-0.25, -0.2) is 14.4 Å². The van der Waals surface area contributed by atoms with Crippen molar-refractivity contribution in [2.75, 3.05) is 12.4 Å². The molecular formula is C11H8ClFN4O2. The standard InChI is InChI=1S/C11H8ClFN4O2/c1-14-11-10(17(18)19)9(15-5-16-11)6-2-3-8(13)7(12)4-6/h2-5H,1H3,(H,14,15,16). The number of hydrogen-bond donors (Lipinski definition) is 1. The van der Waals surface area contributed by atoms with Gasteiger partial charge in [-0.15, -0.1) is 0 Å². The second-order valence-corrected chi connectivity index (χ2v) is 3.96. The molecule has 1 aromatic heterocycles. The van der Waals surface area contributed by atoms with Gasteiger partial charge in [-0.05, 0) is 18.2 Å². The van der Waals surface area contributed by atoms with Gasteiger partial charge in [0.05, 0.1) is 9.95 Å². The summed E-state index contributed by atoms with van der Waals surface area (Å²) in [5.74, 6) is -0.522. The van der Waals surface area contributed by atoms with Crippen molar-refractivity contribution < 1.29 is 9.31 Å². The third-order valence-electron chi connectivity index (χ3n) is 2.43. The van der Waals surface area contributed by atoms with Gasteiger partial charge >= 0.3 is 5.69 Å². The van der Waals surface area contributed by atoms with Crippen molar-refractivity contribution in [1.82, 2.24) is 9.97 Å². The van der Waals surface area contributed by atoms with Gasteiger partial charge in [0.25, 0.3) is 0 Å². The first-order valence-electron chi connectivity index (χ1n) is 5.17. The Morgan fingerprint density at radius 1 is 1.42 bits per heavy atom. The molecule has 1 N–H and O–H groups in total. The van der Waals surface area contributed by atoms with Crippen LogP contribution in [0.25, 0.3) is 11.3 Å². The van der Waals surface area contributed by atoms with E-state index >= 15 is 0 Å². The Kier molecular flexibility index (Phi) is 3.57. The zero-order valence-electron chi connectivity index (χ0n) is 9.72. The van der Waals surface area contributed by atoms with E-state index < -0.39 is 10.7 Å². The molecule has 6 nitrogen and oxygen atoms in total. The average molecular weight is 283 g/mol. The zero-order valence-corrected chi connectivity index (χ0v) is 10.5. The quantitative estimate of drug-likeness (QED) is 0.691. The lowest BCUT2D eigenvalue weighted by atomic mass is 10.1. The summed E-state index contributed by atoms with van der Waals surface area (Å²) in [5, 5.41) is 13.6. The molecule has 0 aliphatic rings. The Morgan fingerprint density at radius 3 is 2.74 bits per heavy atom. The highest BCUT2D eigenvalue weighted by Crippen LogP contribution is 2.33. The van der Waals surface area contributed by atoms with Gasteiger partial charge in [0, 0.05) is 12.6 Å². The fourth-order valence-electron chi connectivity index (χ4n) is 1.59. The molecule has 98 valence electrons. The molecule has 1 aromatic carbocycles. The van der Waals surface area contributed by atoms with Crippen molar-refractivity contribution in [1.29, 1.82) is 0 Å². The number of hydrogen-bond acceptors (Lipinski definition) is 5. The van der Waals surface area contributed by atoms with Crippen molar-refractivity contribution in [3.8, 4) is 11.3 Å². The number of nitrogens with zero attached hydrogens (tertiary/aromatic N) is 3. The van der Waals surface area contributed by atoms with Crippen LogP contribution in [0.2, 0.25) is 5.02 Å². The van der Waals surface area contributed by atoms with Crippen molar-refractivity contribution in [3.63, 3.8) is 0 Å². The predicted molar refractivity (Wildman–Crippen MR) is 68.6 cm³/mol. The average Bonchev–Trinajstić information content (AvgIpc) is 2.40. The van der Waals surface area contributed by atoms with Crippen molar-refractivity contribution in [2.45, 2.75) is 0 Å². The Bertz CT molecular complexity index is 651. The lowest BCUT2D eigenvalue weighted by molar-refractivity contribution is -0.383. The number of nitrogens with one attached hydrogen (secondary N) is 1. The van der Waals surface area contributed by atoms with Crippen LogP contribution in [0.3, 0.4) is 0 Å². The molecule has 8 heteroatoms. The molecule has 0 fully saturated rings. The van der Waals surface area contributed by atoms with E-state index in [-0.39, 0.29) is 22.2 Å². The molecule has 0 amide bonds. The number of benzene rings is 1. The molecule has 0 radical (unpaired) electrons. The monoisotopic (exact) mass is 282 g/mol. The van der Waals surface area contributed by atoms with Gasteiger partial charge in [-0.2, -0.15) is 0 Å². The van der Waals surface area contributed by atoms with Crippen LogP contribution in [0.4, 0.5) is 15.9 Å². The second kappa shape index (κ2) is 5.15. The molecule has 0 spiro atoms. The third-order valence-corrected chi connectivity index (χ3v) is 2.72. The topological polar surface area (TPSA) is 81.0 Å². The van der Waals surface area contributed by atoms with Gasteiger partial charge in [-0.3, -0.25) is 10.1 Å². The molecule has 0 atom stereocenters. The summed E-state index contributed by atoms with van der Waals surface area (Å²) in [6.07, 6.45) is 1.19. The highest BCUT2D eigenvalue weighted by atomic mass is 35.5. The zero-order chi connectivity index (χ0) is 14.0. The van der Waals surface area contributed by atoms with E-state index in [1.165, 1.54) is 25.5 Å². The smallest absolute Gasteiger partial charge is 0.337 e. The number of anilines is 1. The largest absolute Gasteiger partial charge is 0.367 e. The van der Waals surface area contributed by atoms with E-state index in [4.69, 9.17) is 11.6 Å². The number of halogens is 2. The van der Waals surface area contributed by atoms with Gasteiger partial charge in [0.1, 0.15) is 12.1 Å². The van der Waals surface area contributed by atoms with E-state index in [9.17, 15) is 14.5 Å². The van der Waals surface area contributed by atoms with Crippen LogP contribution in [0.15, 0.2) is 24.5 Å². The molecule has 2 rings (SSSR count). The molecule has 19 heavy (non-hydrogen) atoms. The maximum atomic E-state index is 13.1. The van der Waals surface area contributed by atoms with Gasteiger partial charge in [0.2, 0.25) is 5.82 Å². The molecular weight excluding hydrogens is 275 g/mol. The van der Waals surface area contributed by atoms with E-state index in [1.54, 1.807) is 0 Å². The lowest BCUT2D eigenvalue weighted by Crippen LogP contribution is -2.03. The Labute approximate surface area is 112 Å². The highest BCUT2D eigenvalue weighted by Gasteiger charge is 2.23. The van der Waals surface area contributed by atoms with E-state index in [0.717, 1.165) is 6.07 Å². The van der Waals surface area contributed by atoms with Crippen LogP contribution in [-0.2, 0) is 0 Å². The molecule has 2 aromatic rings. The summed E-state index contributed by atoms with van der Waals surface area (Å²) in [7, 11) is 1.51. The van der Waals surface area contributed by atoms with Crippen molar-refractivity contribution >= 4 is 23.1 Å². The van der Waals surface area contributed by atoms with Gasteiger partial charge in [-0.1, -0.05) is 11.6 Å². The van der Waals surface area contributed by atoms with Crippen LogP contribution >= 0.6 is 11.6 Å². The maximum Gasteiger partial charge on any atom is 0.337 e. The summed E-state index contributed by atoms with van der Waals surface area (Å²) < 4.78 is 13.1. The van der Waals surface area contributed by atoms with Crippen LogP contribution < -0.4 is 5.32 Å². The van der Waals surface area contributed by atoms with E-state index in [1.807, 2.05) is 0 Å². The fourth-order valence-corrected chi connectivity index (χ4v) is 1.77. The fraction of sp³-hybridized carbons (Fsp3) is 0.0909. The number of aromatic nitrogens is 2. The molecule has 1 heterocycles. The normalized spacial score (nSPS) is 10.3. The molecule has 0 aliphatic heterocycles. The van der Waals surface area contributed by atoms with Crippen LogP contribution in [0.1, 0.15) is 0 Å². The summed E-state index contributed by atoms with van der Waals surface area (Å²) in [6, 6.07) is 3.78. The first-order chi connectivity index (χ1) is 9.04. The van der Waals surface area contributed by atoms with E-state index in [0.29, 0.717) is 5.56 Å². The minimum atomic E-state index is -0.601. The Hall–Kier alpha value is -2.28. The Morgan fingerprint density at radius 2 is 2.16 bits per heavy atom. The number of nitro groups is 1.